The minimum absolute atomic E-state index is 0.0221. The highest BCUT2D eigenvalue weighted by Gasteiger charge is 2.17. The van der Waals surface area contributed by atoms with Crippen molar-refractivity contribution in [1.29, 1.82) is 0 Å². The first-order valence-electron chi connectivity index (χ1n) is 6.32. The lowest BCUT2D eigenvalue weighted by molar-refractivity contribution is 0.122. The minimum atomic E-state index is -0.700. The molecule has 0 saturated carbocycles. The van der Waals surface area contributed by atoms with E-state index >= 15 is 0 Å². The molecule has 8 heteroatoms. The van der Waals surface area contributed by atoms with Gasteiger partial charge < -0.3 is 9.64 Å². The third-order valence-corrected chi connectivity index (χ3v) is 3.18. The standard InChI is InChI=1S/C13H11ClF2N4O/c14-12-17-11(8-5-9(15)7-10(16)6-8)18-13(19-12)20-1-3-21-4-2-20/h5-7H,1-4H2. The van der Waals surface area contributed by atoms with Crippen molar-refractivity contribution in [2.75, 3.05) is 31.2 Å². The molecule has 5 nitrogen and oxygen atoms in total. The number of hydrogen-bond donors (Lipinski definition) is 0. The van der Waals surface area contributed by atoms with Crippen LogP contribution < -0.4 is 4.90 Å². The first-order valence-corrected chi connectivity index (χ1v) is 6.70. The van der Waals surface area contributed by atoms with Crippen molar-refractivity contribution in [2.24, 2.45) is 0 Å². The van der Waals surface area contributed by atoms with Crippen molar-refractivity contribution in [3.05, 3.63) is 35.1 Å². The fraction of sp³-hybridized carbons (Fsp3) is 0.308. The monoisotopic (exact) mass is 312 g/mol. The summed E-state index contributed by atoms with van der Waals surface area (Å²) in [7, 11) is 0. The molecule has 1 aromatic heterocycles. The van der Waals surface area contributed by atoms with E-state index in [9.17, 15) is 8.78 Å². The first-order chi connectivity index (χ1) is 10.1. The Morgan fingerprint density at radius 3 is 2.33 bits per heavy atom. The van der Waals surface area contributed by atoms with Gasteiger partial charge in [-0.15, -0.1) is 0 Å². The maximum atomic E-state index is 13.3. The molecule has 2 heterocycles. The second-order valence-electron chi connectivity index (χ2n) is 4.49. The normalized spacial score (nSPS) is 15.3. The number of hydrogen-bond acceptors (Lipinski definition) is 5. The van der Waals surface area contributed by atoms with Crippen molar-refractivity contribution in [3.63, 3.8) is 0 Å². The lowest BCUT2D eigenvalue weighted by atomic mass is 10.2. The molecule has 0 amide bonds. The molecule has 0 radical (unpaired) electrons. The van der Waals surface area contributed by atoms with Crippen molar-refractivity contribution in [3.8, 4) is 11.4 Å². The Balaban J connectivity index is 2.00. The van der Waals surface area contributed by atoms with Crippen molar-refractivity contribution >= 4 is 17.5 Å². The Morgan fingerprint density at radius 2 is 1.67 bits per heavy atom. The molecular formula is C13H11ClF2N4O. The quantitative estimate of drug-likeness (QED) is 0.851. The Hall–Kier alpha value is -1.86. The van der Waals surface area contributed by atoms with Crippen LogP contribution in [0.4, 0.5) is 14.7 Å². The topological polar surface area (TPSA) is 51.1 Å². The highest BCUT2D eigenvalue weighted by molar-refractivity contribution is 6.28. The molecule has 3 rings (SSSR count). The fourth-order valence-corrected chi connectivity index (χ4v) is 2.21. The summed E-state index contributed by atoms with van der Waals surface area (Å²) in [4.78, 5) is 14.1. The van der Waals surface area contributed by atoms with Gasteiger partial charge in [0.05, 0.1) is 13.2 Å². The summed E-state index contributed by atoms with van der Waals surface area (Å²) in [6.07, 6.45) is 0. The predicted octanol–water partition coefficient (Wildman–Crippen LogP) is 2.31. The van der Waals surface area contributed by atoms with Gasteiger partial charge in [0.1, 0.15) is 11.6 Å². The fourth-order valence-electron chi connectivity index (χ4n) is 2.06. The number of anilines is 1. The van der Waals surface area contributed by atoms with E-state index in [1.165, 1.54) is 0 Å². The van der Waals surface area contributed by atoms with Crippen LogP contribution in [0, 0.1) is 11.6 Å². The predicted molar refractivity (Wildman–Crippen MR) is 73.2 cm³/mol. The number of morpholine rings is 1. The molecule has 1 aliphatic heterocycles. The van der Waals surface area contributed by atoms with Crippen LogP contribution in [0.15, 0.2) is 18.2 Å². The zero-order chi connectivity index (χ0) is 14.8. The number of benzene rings is 1. The first kappa shape index (κ1) is 14.1. The van der Waals surface area contributed by atoms with Crippen LogP contribution in [0.1, 0.15) is 0 Å². The molecule has 1 fully saturated rings. The molecule has 0 N–H and O–H groups in total. The smallest absolute Gasteiger partial charge is 0.230 e. The number of rotatable bonds is 2. The zero-order valence-corrected chi connectivity index (χ0v) is 11.6. The van der Waals surface area contributed by atoms with Gasteiger partial charge in [-0.1, -0.05) is 0 Å². The lowest BCUT2D eigenvalue weighted by Gasteiger charge is -2.26. The maximum Gasteiger partial charge on any atom is 0.230 e. The summed E-state index contributed by atoms with van der Waals surface area (Å²) in [5.41, 5.74) is 0.214. The molecule has 0 unspecified atom stereocenters. The third kappa shape index (κ3) is 3.25. The van der Waals surface area contributed by atoms with Crippen molar-refractivity contribution in [2.45, 2.75) is 0 Å². The van der Waals surface area contributed by atoms with Gasteiger partial charge in [0, 0.05) is 24.7 Å². The van der Waals surface area contributed by atoms with E-state index in [1.807, 2.05) is 4.90 Å². The van der Waals surface area contributed by atoms with Crippen LogP contribution in [-0.4, -0.2) is 41.3 Å². The highest BCUT2D eigenvalue weighted by Crippen LogP contribution is 2.22. The average molecular weight is 313 g/mol. The maximum absolute atomic E-state index is 13.3. The van der Waals surface area contributed by atoms with E-state index in [0.717, 1.165) is 18.2 Å². The van der Waals surface area contributed by atoms with Crippen LogP contribution in [0.3, 0.4) is 0 Å². The van der Waals surface area contributed by atoms with Crippen LogP contribution in [0.25, 0.3) is 11.4 Å². The summed E-state index contributed by atoms with van der Waals surface area (Å²) < 4.78 is 31.8. The zero-order valence-electron chi connectivity index (χ0n) is 10.9. The van der Waals surface area contributed by atoms with Crippen molar-refractivity contribution < 1.29 is 13.5 Å². The van der Waals surface area contributed by atoms with E-state index in [-0.39, 0.29) is 16.7 Å². The summed E-state index contributed by atoms with van der Waals surface area (Å²) >= 11 is 5.89. The minimum Gasteiger partial charge on any atom is -0.378 e. The molecule has 1 saturated heterocycles. The average Bonchev–Trinajstić information content (AvgIpc) is 2.46. The van der Waals surface area contributed by atoms with Crippen LogP contribution in [0.2, 0.25) is 5.28 Å². The molecule has 0 bridgehead atoms. The summed E-state index contributed by atoms with van der Waals surface area (Å²) in [5.74, 6) is -0.892. The van der Waals surface area contributed by atoms with E-state index in [0.29, 0.717) is 32.3 Å². The van der Waals surface area contributed by atoms with E-state index in [2.05, 4.69) is 15.0 Å². The molecule has 2 aromatic rings. The third-order valence-electron chi connectivity index (χ3n) is 3.01. The second kappa shape index (κ2) is 5.87. The molecule has 1 aromatic carbocycles. The molecule has 0 spiro atoms. The summed E-state index contributed by atoms with van der Waals surface area (Å²) in [6.45, 7) is 2.37. The van der Waals surface area contributed by atoms with Gasteiger partial charge in [-0.25, -0.2) is 8.78 Å². The van der Waals surface area contributed by atoms with Gasteiger partial charge in [0.15, 0.2) is 5.82 Å². The van der Waals surface area contributed by atoms with Gasteiger partial charge in [-0.3, -0.25) is 0 Å². The molecular weight excluding hydrogens is 302 g/mol. The Kier molecular flexibility index (Phi) is 3.94. The number of aromatic nitrogens is 3. The van der Waals surface area contributed by atoms with Gasteiger partial charge in [-0.2, -0.15) is 15.0 Å². The lowest BCUT2D eigenvalue weighted by Crippen LogP contribution is -2.37. The number of halogens is 3. The number of nitrogens with zero attached hydrogens (tertiary/aromatic N) is 4. The van der Waals surface area contributed by atoms with Crippen molar-refractivity contribution in [1.82, 2.24) is 15.0 Å². The van der Waals surface area contributed by atoms with Gasteiger partial charge in [0.2, 0.25) is 11.2 Å². The Bertz CT molecular complexity index is 644. The summed E-state index contributed by atoms with van der Waals surface area (Å²) in [6, 6.07) is 3.09. The molecule has 21 heavy (non-hydrogen) atoms. The Morgan fingerprint density at radius 1 is 1.00 bits per heavy atom. The summed E-state index contributed by atoms with van der Waals surface area (Å²) in [5, 5.41) is -0.0221. The van der Waals surface area contributed by atoms with E-state index < -0.39 is 11.6 Å². The highest BCUT2D eigenvalue weighted by atomic mass is 35.5. The molecule has 0 aliphatic carbocycles. The van der Waals surface area contributed by atoms with E-state index in [4.69, 9.17) is 16.3 Å². The second-order valence-corrected chi connectivity index (χ2v) is 4.82. The molecule has 110 valence electrons. The largest absolute Gasteiger partial charge is 0.378 e. The van der Waals surface area contributed by atoms with Gasteiger partial charge in [-0.05, 0) is 23.7 Å². The Labute approximate surface area is 124 Å². The van der Waals surface area contributed by atoms with Crippen LogP contribution >= 0.6 is 11.6 Å². The van der Waals surface area contributed by atoms with E-state index in [1.54, 1.807) is 0 Å². The molecule has 1 aliphatic rings. The van der Waals surface area contributed by atoms with Gasteiger partial charge >= 0.3 is 0 Å². The van der Waals surface area contributed by atoms with Crippen LogP contribution in [0.5, 0.6) is 0 Å². The number of ether oxygens (including phenoxy) is 1. The molecule has 0 atom stereocenters. The van der Waals surface area contributed by atoms with Crippen LogP contribution in [-0.2, 0) is 4.74 Å². The SMILES string of the molecule is Fc1cc(F)cc(-c2nc(Cl)nc(N3CCOCC3)n2)c1. The van der Waals surface area contributed by atoms with Gasteiger partial charge in [0.25, 0.3) is 0 Å².